The van der Waals surface area contributed by atoms with Crippen LogP contribution < -0.4 is 10.6 Å². The number of nitrogens with zero attached hydrogens (tertiary/aromatic N) is 2. The summed E-state index contributed by atoms with van der Waals surface area (Å²) in [6.45, 7) is 1.47. The van der Waals surface area contributed by atoms with Crippen LogP contribution in [0.5, 0.6) is 0 Å². The molecule has 2 aliphatic rings. The Bertz CT molecular complexity index is 1040. The summed E-state index contributed by atoms with van der Waals surface area (Å²) in [7, 11) is 0. The highest BCUT2D eigenvalue weighted by Gasteiger charge is 2.55. The highest BCUT2D eigenvalue weighted by Crippen LogP contribution is 2.41. The number of nitriles is 1. The Labute approximate surface area is 168 Å². The molecule has 2 unspecified atom stereocenters. The van der Waals surface area contributed by atoms with E-state index < -0.39 is 17.5 Å². The summed E-state index contributed by atoms with van der Waals surface area (Å²) in [5, 5.41) is 14.5. The fourth-order valence-corrected chi connectivity index (χ4v) is 4.09. The molecule has 0 bridgehead atoms. The Morgan fingerprint density at radius 2 is 1.97 bits per heavy atom. The summed E-state index contributed by atoms with van der Waals surface area (Å²) in [6.07, 6.45) is 1.20. The first-order chi connectivity index (χ1) is 13.9. The number of hydrogen-bond donors (Lipinski definition) is 2. The largest absolute Gasteiger partial charge is 0.348 e. The molecule has 146 valence electrons. The first kappa shape index (κ1) is 18.7. The number of nitrogens with one attached hydrogen (secondary N) is 2. The summed E-state index contributed by atoms with van der Waals surface area (Å²) in [4.78, 5) is 39.1. The second kappa shape index (κ2) is 7.06. The SMILES string of the molecule is CC(NC(=O)CN1C(=O)NC2(CCc3ccccc32)C1=O)c1ccc(C#N)cc1. The van der Waals surface area contributed by atoms with E-state index in [0.717, 1.165) is 21.6 Å². The van der Waals surface area contributed by atoms with Gasteiger partial charge < -0.3 is 10.6 Å². The molecule has 0 aromatic heterocycles. The number of fused-ring (bicyclic) bond motifs is 2. The van der Waals surface area contributed by atoms with E-state index in [9.17, 15) is 14.4 Å². The summed E-state index contributed by atoms with van der Waals surface area (Å²) in [6, 6.07) is 15.6. The molecule has 2 aromatic rings. The first-order valence-electron chi connectivity index (χ1n) is 9.46. The van der Waals surface area contributed by atoms with Gasteiger partial charge in [-0.3, -0.25) is 14.5 Å². The monoisotopic (exact) mass is 388 g/mol. The Morgan fingerprint density at radius 1 is 1.24 bits per heavy atom. The lowest BCUT2D eigenvalue weighted by Crippen LogP contribution is -2.44. The summed E-state index contributed by atoms with van der Waals surface area (Å²) in [5.74, 6) is -0.803. The van der Waals surface area contributed by atoms with Crippen LogP contribution in [0, 0.1) is 11.3 Å². The van der Waals surface area contributed by atoms with Gasteiger partial charge in [0.2, 0.25) is 5.91 Å². The maximum Gasteiger partial charge on any atom is 0.325 e. The molecule has 0 saturated carbocycles. The van der Waals surface area contributed by atoms with Gasteiger partial charge in [-0.1, -0.05) is 36.4 Å². The van der Waals surface area contributed by atoms with E-state index in [1.165, 1.54) is 0 Å². The van der Waals surface area contributed by atoms with E-state index in [-0.39, 0.29) is 18.5 Å². The Balaban J connectivity index is 1.46. The van der Waals surface area contributed by atoms with E-state index >= 15 is 0 Å². The van der Waals surface area contributed by atoms with Crippen molar-refractivity contribution >= 4 is 17.8 Å². The number of urea groups is 1. The Morgan fingerprint density at radius 3 is 2.69 bits per heavy atom. The van der Waals surface area contributed by atoms with Crippen LogP contribution in [-0.2, 0) is 21.5 Å². The molecule has 4 amide bonds. The number of rotatable bonds is 4. The highest BCUT2D eigenvalue weighted by molar-refractivity contribution is 6.09. The summed E-state index contributed by atoms with van der Waals surface area (Å²) >= 11 is 0. The molecule has 4 rings (SSSR count). The standard InChI is InChI=1S/C22H20N4O3/c1-14(16-8-6-15(12-23)7-9-16)24-19(27)13-26-20(28)22(25-21(26)29)11-10-17-4-2-3-5-18(17)22/h2-9,14H,10-11,13H2,1H3,(H,24,27)(H,25,29). The van der Waals surface area contributed by atoms with Gasteiger partial charge in [0.05, 0.1) is 17.7 Å². The van der Waals surface area contributed by atoms with Crippen molar-refractivity contribution in [3.05, 3.63) is 70.8 Å². The maximum absolute atomic E-state index is 13.1. The molecule has 7 nitrogen and oxygen atoms in total. The molecule has 1 saturated heterocycles. The first-order valence-corrected chi connectivity index (χ1v) is 9.46. The van der Waals surface area contributed by atoms with Crippen molar-refractivity contribution < 1.29 is 14.4 Å². The number of carbonyl (C=O) groups excluding carboxylic acids is 3. The number of imide groups is 1. The third-order valence-electron chi connectivity index (χ3n) is 5.64. The van der Waals surface area contributed by atoms with Gasteiger partial charge in [0.25, 0.3) is 5.91 Å². The number of amides is 4. The van der Waals surface area contributed by atoms with Crippen molar-refractivity contribution in [3.63, 3.8) is 0 Å². The molecule has 1 spiro atoms. The van der Waals surface area contributed by atoms with Crippen LogP contribution in [-0.4, -0.2) is 29.3 Å². The van der Waals surface area contributed by atoms with Crippen LogP contribution in [0.1, 0.15) is 41.6 Å². The minimum absolute atomic E-state index is 0.322. The average Bonchev–Trinajstić information content (AvgIpc) is 3.21. The van der Waals surface area contributed by atoms with Crippen molar-refractivity contribution in [3.8, 4) is 6.07 Å². The van der Waals surface area contributed by atoms with E-state index in [0.29, 0.717) is 18.4 Å². The molecule has 1 fully saturated rings. The van der Waals surface area contributed by atoms with Gasteiger partial charge in [0.1, 0.15) is 12.1 Å². The molecule has 29 heavy (non-hydrogen) atoms. The van der Waals surface area contributed by atoms with Crippen molar-refractivity contribution in [2.75, 3.05) is 6.54 Å². The van der Waals surface area contributed by atoms with Crippen molar-refractivity contribution in [2.45, 2.75) is 31.3 Å². The van der Waals surface area contributed by atoms with Crippen LogP contribution >= 0.6 is 0 Å². The van der Waals surface area contributed by atoms with Gasteiger partial charge in [-0.05, 0) is 48.6 Å². The topological polar surface area (TPSA) is 102 Å². The van der Waals surface area contributed by atoms with Crippen molar-refractivity contribution in [1.82, 2.24) is 15.5 Å². The fraction of sp³-hybridized carbons (Fsp3) is 0.273. The summed E-state index contributed by atoms with van der Waals surface area (Å²) < 4.78 is 0. The van der Waals surface area contributed by atoms with Gasteiger partial charge in [0, 0.05) is 0 Å². The minimum Gasteiger partial charge on any atom is -0.348 e. The molecule has 1 aliphatic heterocycles. The normalized spacial score (nSPS) is 20.9. The van der Waals surface area contributed by atoms with E-state index in [1.807, 2.05) is 30.3 Å². The molecule has 2 aromatic carbocycles. The summed E-state index contributed by atoms with van der Waals surface area (Å²) in [5.41, 5.74) is 2.16. The molecule has 1 heterocycles. The zero-order valence-electron chi connectivity index (χ0n) is 15.9. The zero-order chi connectivity index (χ0) is 20.6. The third kappa shape index (κ3) is 3.13. The van der Waals surface area contributed by atoms with Crippen LogP contribution in [0.3, 0.4) is 0 Å². The van der Waals surface area contributed by atoms with Crippen LogP contribution in [0.15, 0.2) is 48.5 Å². The predicted molar refractivity (Wildman–Crippen MR) is 104 cm³/mol. The average molecular weight is 388 g/mol. The molecular weight excluding hydrogens is 368 g/mol. The Kier molecular flexibility index (Phi) is 4.55. The lowest BCUT2D eigenvalue weighted by Gasteiger charge is -2.22. The van der Waals surface area contributed by atoms with Gasteiger partial charge in [-0.15, -0.1) is 0 Å². The zero-order valence-corrected chi connectivity index (χ0v) is 15.9. The molecule has 0 radical (unpaired) electrons. The van der Waals surface area contributed by atoms with Crippen LogP contribution in [0.2, 0.25) is 0 Å². The predicted octanol–water partition coefficient (Wildman–Crippen LogP) is 2.13. The number of hydrogen-bond acceptors (Lipinski definition) is 4. The fourth-order valence-electron chi connectivity index (χ4n) is 4.09. The number of benzene rings is 2. The van der Waals surface area contributed by atoms with Crippen LogP contribution in [0.25, 0.3) is 0 Å². The lowest BCUT2D eigenvalue weighted by molar-refractivity contribution is -0.135. The van der Waals surface area contributed by atoms with Gasteiger partial charge in [0.15, 0.2) is 0 Å². The second-order valence-electron chi connectivity index (χ2n) is 7.41. The van der Waals surface area contributed by atoms with Gasteiger partial charge in [-0.25, -0.2) is 4.79 Å². The quantitative estimate of drug-likeness (QED) is 0.783. The molecular formula is C22H20N4O3. The molecule has 7 heteroatoms. The second-order valence-corrected chi connectivity index (χ2v) is 7.41. The molecule has 2 atom stereocenters. The van der Waals surface area contributed by atoms with E-state index in [2.05, 4.69) is 10.6 Å². The van der Waals surface area contributed by atoms with E-state index in [1.54, 1.807) is 31.2 Å². The lowest BCUT2D eigenvalue weighted by atomic mass is 9.92. The third-order valence-corrected chi connectivity index (χ3v) is 5.64. The van der Waals surface area contributed by atoms with Crippen LogP contribution in [0.4, 0.5) is 4.79 Å². The Hall–Kier alpha value is -3.66. The van der Waals surface area contributed by atoms with Crippen molar-refractivity contribution in [1.29, 1.82) is 5.26 Å². The maximum atomic E-state index is 13.1. The van der Waals surface area contributed by atoms with Gasteiger partial charge in [-0.2, -0.15) is 5.26 Å². The van der Waals surface area contributed by atoms with Crippen molar-refractivity contribution in [2.24, 2.45) is 0 Å². The van der Waals surface area contributed by atoms with E-state index in [4.69, 9.17) is 5.26 Å². The highest BCUT2D eigenvalue weighted by atomic mass is 16.2. The molecule has 2 N–H and O–H groups in total. The van der Waals surface area contributed by atoms with Gasteiger partial charge >= 0.3 is 6.03 Å². The smallest absolute Gasteiger partial charge is 0.325 e. The number of aryl methyl sites for hydroxylation is 1. The molecule has 1 aliphatic carbocycles. The minimum atomic E-state index is -1.06. The number of carbonyl (C=O) groups is 3.